The van der Waals surface area contributed by atoms with Gasteiger partial charge in [0, 0.05) is 38.9 Å². The van der Waals surface area contributed by atoms with Crippen LogP contribution in [0.5, 0.6) is 5.75 Å². The highest BCUT2D eigenvalue weighted by Crippen LogP contribution is 2.45. The molecule has 2 N–H and O–H groups in total. The highest BCUT2D eigenvalue weighted by Gasteiger charge is 2.47. The quantitative estimate of drug-likeness (QED) is 0.172. The highest BCUT2D eigenvalue weighted by atomic mass is 79.9. The Bertz CT molecular complexity index is 1540. The molecule has 0 aliphatic carbocycles. The molecule has 6 nitrogen and oxygen atoms in total. The third-order valence-electron chi connectivity index (χ3n) is 6.22. The number of aliphatic hydroxyl groups is 1. The zero-order valence-electron chi connectivity index (χ0n) is 18.8. The molecule has 176 valence electrons. The summed E-state index contributed by atoms with van der Waals surface area (Å²) in [5, 5.41) is 12.7. The Morgan fingerprint density at radius 3 is 2.60 bits per heavy atom. The lowest BCUT2D eigenvalue weighted by Crippen LogP contribution is -2.29. The van der Waals surface area contributed by atoms with E-state index >= 15 is 0 Å². The van der Waals surface area contributed by atoms with Crippen LogP contribution in [0.1, 0.15) is 22.7 Å². The standard InChI is InChI=1S/C27H20BrClN2O4/c1-14-7-9-16(12-20(14)29)31-24(18-13-30-21-6-4-3-5-17(18)21)23(26(33)27(31)34)25(32)15-8-10-22(35-2)19(28)11-15/h3-13,24,30,32H,1-2H3/b25-23+. The van der Waals surface area contributed by atoms with Crippen LogP contribution >= 0.6 is 27.5 Å². The number of halogens is 2. The lowest BCUT2D eigenvalue weighted by atomic mass is 9.94. The predicted octanol–water partition coefficient (Wildman–Crippen LogP) is 6.53. The molecule has 1 aliphatic heterocycles. The number of ketones is 1. The van der Waals surface area contributed by atoms with Gasteiger partial charge in [0.25, 0.3) is 11.7 Å². The molecule has 3 aromatic carbocycles. The number of hydrogen-bond donors (Lipinski definition) is 2. The molecule has 0 saturated carbocycles. The molecule has 1 aromatic heterocycles. The summed E-state index contributed by atoms with van der Waals surface area (Å²) in [7, 11) is 1.54. The molecule has 4 aromatic rings. The van der Waals surface area contributed by atoms with Gasteiger partial charge in [0.15, 0.2) is 0 Å². The summed E-state index contributed by atoms with van der Waals surface area (Å²) >= 11 is 9.80. The van der Waals surface area contributed by atoms with Crippen molar-refractivity contribution in [1.29, 1.82) is 0 Å². The minimum Gasteiger partial charge on any atom is -0.507 e. The zero-order valence-corrected chi connectivity index (χ0v) is 21.1. The highest BCUT2D eigenvalue weighted by molar-refractivity contribution is 9.10. The van der Waals surface area contributed by atoms with Crippen LogP contribution in [0, 0.1) is 6.92 Å². The maximum absolute atomic E-state index is 13.4. The van der Waals surface area contributed by atoms with E-state index in [-0.39, 0.29) is 11.3 Å². The number of anilines is 1. The normalized spacial score (nSPS) is 17.4. The van der Waals surface area contributed by atoms with Crippen LogP contribution in [0.15, 0.2) is 76.9 Å². The summed E-state index contributed by atoms with van der Waals surface area (Å²) in [6.07, 6.45) is 1.77. The lowest BCUT2D eigenvalue weighted by Gasteiger charge is -2.25. The second-order valence-electron chi connectivity index (χ2n) is 8.24. The van der Waals surface area contributed by atoms with Crippen molar-refractivity contribution in [2.75, 3.05) is 12.0 Å². The molecule has 1 saturated heterocycles. The number of ether oxygens (including phenoxy) is 1. The number of aliphatic hydroxyl groups excluding tert-OH is 1. The number of aromatic amines is 1. The largest absolute Gasteiger partial charge is 0.507 e. The summed E-state index contributed by atoms with van der Waals surface area (Å²) in [6, 6.07) is 16.9. The van der Waals surface area contributed by atoms with Crippen LogP contribution in [0.2, 0.25) is 5.02 Å². The first kappa shape index (κ1) is 23.2. The van der Waals surface area contributed by atoms with E-state index in [0.29, 0.717) is 32.1 Å². The minimum absolute atomic E-state index is 0.00600. The summed E-state index contributed by atoms with van der Waals surface area (Å²) in [5.41, 5.74) is 3.22. The number of carbonyl (C=O) groups excluding carboxylic acids is 2. The first-order chi connectivity index (χ1) is 16.8. The van der Waals surface area contributed by atoms with E-state index in [1.54, 1.807) is 42.6 Å². The van der Waals surface area contributed by atoms with Gasteiger partial charge in [-0.1, -0.05) is 35.9 Å². The Morgan fingerprint density at radius 1 is 1.11 bits per heavy atom. The number of para-hydroxylation sites is 1. The van der Waals surface area contributed by atoms with Crippen molar-refractivity contribution in [3.63, 3.8) is 0 Å². The van der Waals surface area contributed by atoms with Gasteiger partial charge in [-0.25, -0.2) is 0 Å². The van der Waals surface area contributed by atoms with Gasteiger partial charge < -0.3 is 14.8 Å². The molecule has 0 radical (unpaired) electrons. The van der Waals surface area contributed by atoms with Crippen LogP contribution in [0.3, 0.4) is 0 Å². The Balaban J connectivity index is 1.77. The van der Waals surface area contributed by atoms with Gasteiger partial charge in [-0.3, -0.25) is 14.5 Å². The number of methoxy groups -OCH3 is 1. The van der Waals surface area contributed by atoms with Crippen molar-refractivity contribution < 1.29 is 19.4 Å². The molecule has 0 bridgehead atoms. The molecule has 2 heterocycles. The first-order valence-corrected chi connectivity index (χ1v) is 12.0. The van der Waals surface area contributed by atoms with E-state index in [1.165, 1.54) is 12.0 Å². The summed E-state index contributed by atoms with van der Waals surface area (Å²) < 4.78 is 5.88. The fraction of sp³-hybridized carbons (Fsp3) is 0.111. The first-order valence-electron chi connectivity index (χ1n) is 10.8. The van der Waals surface area contributed by atoms with Crippen molar-refractivity contribution in [2.24, 2.45) is 0 Å². The van der Waals surface area contributed by atoms with Crippen LogP contribution in [-0.2, 0) is 9.59 Å². The van der Waals surface area contributed by atoms with E-state index < -0.39 is 17.7 Å². The average molecular weight is 552 g/mol. The van der Waals surface area contributed by atoms with Crippen LogP contribution in [0.4, 0.5) is 5.69 Å². The van der Waals surface area contributed by atoms with E-state index in [4.69, 9.17) is 16.3 Å². The van der Waals surface area contributed by atoms with Crippen LogP contribution in [-0.4, -0.2) is 28.9 Å². The molecule has 1 amide bonds. The van der Waals surface area contributed by atoms with Crippen molar-refractivity contribution in [1.82, 2.24) is 4.98 Å². The molecule has 1 fully saturated rings. The number of benzene rings is 3. The number of rotatable bonds is 4. The molecule has 8 heteroatoms. The molecule has 1 aliphatic rings. The maximum Gasteiger partial charge on any atom is 0.300 e. The van der Waals surface area contributed by atoms with Crippen molar-refractivity contribution in [3.8, 4) is 5.75 Å². The second kappa shape index (κ2) is 8.91. The summed E-state index contributed by atoms with van der Waals surface area (Å²) in [6.45, 7) is 1.86. The van der Waals surface area contributed by atoms with E-state index in [0.717, 1.165) is 16.5 Å². The number of hydrogen-bond acceptors (Lipinski definition) is 4. The summed E-state index contributed by atoms with van der Waals surface area (Å²) in [4.78, 5) is 31.4. The van der Waals surface area contributed by atoms with E-state index in [1.807, 2.05) is 31.2 Å². The van der Waals surface area contributed by atoms with Crippen LogP contribution < -0.4 is 9.64 Å². The number of nitrogens with one attached hydrogen (secondary N) is 1. The molecular formula is C27H20BrClN2O4. The fourth-order valence-electron chi connectivity index (χ4n) is 4.41. The third-order valence-corrected chi connectivity index (χ3v) is 7.25. The van der Waals surface area contributed by atoms with E-state index in [9.17, 15) is 14.7 Å². The van der Waals surface area contributed by atoms with Crippen LogP contribution in [0.25, 0.3) is 16.7 Å². The topological polar surface area (TPSA) is 82.6 Å². The minimum atomic E-state index is -0.870. The van der Waals surface area contributed by atoms with Gasteiger partial charge in [0.1, 0.15) is 11.5 Å². The van der Waals surface area contributed by atoms with Gasteiger partial charge >= 0.3 is 0 Å². The number of H-pyrrole nitrogens is 1. The number of aryl methyl sites for hydroxylation is 1. The number of amides is 1. The molecule has 5 rings (SSSR count). The monoisotopic (exact) mass is 550 g/mol. The van der Waals surface area contributed by atoms with Gasteiger partial charge in [-0.2, -0.15) is 0 Å². The van der Waals surface area contributed by atoms with Crippen molar-refractivity contribution in [2.45, 2.75) is 13.0 Å². The average Bonchev–Trinajstić information content (AvgIpc) is 3.39. The summed E-state index contributed by atoms with van der Waals surface area (Å²) in [5.74, 6) is -1.22. The number of carbonyl (C=O) groups is 2. The van der Waals surface area contributed by atoms with Gasteiger partial charge in [-0.05, 0) is 64.8 Å². The van der Waals surface area contributed by atoms with Crippen molar-refractivity contribution >= 4 is 61.6 Å². The molecular weight excluding hydrogens is 532 g/mol. The Kier molecular flexibility index (Phi) is 5.91. The van der Waals surface area contributed by atoms with E-state index in [2.05, 4.69) is 20.9 Å². The van der Waals surface area contributed by atoms with Gasteiger partial charge in [-0.15, -0.1) is 0 Å². The number of Topliss-reactive ketones (excluding diaryl/α,β-unsaturated/α-hetero) is 1. The number of nitrogens with zero attached hydrogens (tertiary/aromatic N) is 1. The smallest absolute Gasteiger partial charge is 0.300 e. The molecule has 0 spiro atoms. The van der Waals surface area contributed by atoms with Gasteiger partial charge in [0.05, 0.1) is 23.2 Å². The lowest BCUT2D eigenvalue weighted by molar-refractivity contribution is -0.132. The molecule has 1 unspecified atom stereocenters. The third kappa shape index (κ3) is 3.81. The SMILES string of the molecule is COc1ccc(/C(O)=C2\C(=O)C(=O)N(c3ccc(C)c(Cl)c3)C2c2c[nH]c3ccccc23)cc1Br. The maximum atomic E-state index is 13.4. The zero-order chi connectivity index (χ0) is 24.9. The Morgan fingerprint density at radius 2 is 1.89 bits per heavy atom. The Labute approximate surface area is 214 Å². The molecule has 1 atom stereocenters. The number of aromatic nitrogens is 1. The predicted molar refractivity (Wildman–Crippen MR) is 140 cm³/mol. The van der Waals surface area contributed by atoms with Gasteiger partial charge in [0.2, 0.25) is 0 Å². The fourth-order valence-corrected chi connectivity index (χ4v) is 5.13. The second-order valence-corrected chi connectivity index (χ2v) is 9.50. The Hall–Kier alpha value is -3.55. The number of fused-ring (bicyclic) bond motifs is 1. The van der Waals surface area contributed by atoms with Crippen molar-refractivity contribution in [3.05, 3.63) is 98.6 Å². The molecule has 35 heavy (non-hydrogen) atoms.